The number of nitrogens with one attached hydrogen (secondary N) is 2. The van der Waals surface area contributed by atoms with Crippen molar-refractivity contribution in [2.45, 2.75) is 19.1 Å². The van der Waals surface area contributed by atoms with Crippen LogP contribution in [0.4, 0.5) is 17.6 Å². The third-order valence-electron chi connectivity index (χ3n) is 3.35. The Morgan fingerprint density at radius 2 is 1.68 bits per heavy atom. The van der Waals surface area contributed by atoms with Gasteiger partial charge in [-0.25, -0.2) is 4.39 Å². The van der Waals surface area contributed by atoms with Gasteiger partial charge in [-0.1, -0.05) is 23.7 Å². The Morgan fingerprint density at radius 1 is 1.00 bits per heavy atom. The van der Waals surface area contributed by atoms with Crippen molar-refractivity contribution in [1.29, 1.82) is 0 Å². The highest BCUT2D eigenvalue weighted by Crippen LogP contribution is 2.30. The second kappa shape index (κ2) is 8.49. The molecule has 134 valence electrons. The number of halogens is 5. The minimum atomic E-state index is -4.59. The molecule has 0 unspecified atom stereocenters. The number of benzene rings is 2. The first-order valence-corrected chi connectivity index (χ1v) is 8.15. The molecule has 2 N–H and O–H groups in total. The van der Waals surface area contributed by atoms with Crippen LogP contribution in [0.5, 0.6) is 0 Å². The molecule has 0 saturated carbocycles. The van der Waals surface area contributed by atoms with Crippen molar-refractivity contribution in [3.63, 3.8) is 0 Å². The maximum atomic E-state index is 13.3. The third-order valence-corrected chi connectivity index (χ3v) is 3.89. The van der Waals surface area contributed by atoms with Crippen LogP contribution < -0.4 is 10.6 Å². The number of thiocarbonyl (C=S) groups is 1. The molecule has 0 bridgehead atoms. The SMILES string of the molecule is Fc1cc(CNC(=S)NCCc2ccc(Cl)cc2)cc(C(F)(F)F)c1. The number of rotatable bonds is 5. The van der Waals surface area contributed by atoms with E-state index in [1.807, 2.05) is 12.1 Å². The highest BCUT2D eigenvalue weighted by atomic mass is 35.5. The molecule has 0 aliphatic carbocycles. The lowest BCUT2D eigenvalue weighted by Crippen LogP contribution is -2.36. The Morgan fingerprint density at radius 3 is 2.32 bits per heavy atom. The summed E-state index contributed by atoms with van der Waals surface area (Å²) in [4.78, 5) is 0. The van der Waals surface area contributed by atoms with E-state index in [1.54, 1.807) is 12.1 Å². The van der Waals surface area contributed by atoms with Crippen molar-refractivity contribution >= 4 is 28.9 Å². The molecular weight excluding hydrogens is 376 g/mol. The summed E-state index contributed by atoms with van der Waals surface area (Å²) < 4.78 is 51.3. The van der Waals surface area contributed by atoms with E-state index in [4.69, 9.17) is 23.8 Å². The summed E-state index contributed by atoms with van der Waals surface area (Å²) in [5.74, 6) is -0.937. The lowest BCUT2D eigenvalue weighted by Gasteiger charge is -2.12. The monoisotopic (exact) mass is 390 g/mol. The van der Waals surface area contributed by atoms with Crippen LogP contribution in [0.2, 0.25) is 5.02 Å². The summed E-state index contributed by atoms with van der Waals surface area (Å²) in [6.45, 7) is 0.540. The molecule has 0 atom stereocenters. The van der Waals surface area contributed by atoms with Crippen molar-refractivity contribution < 1.29 is 17.6 Å². The topological polar surface area (TPSA) is 24.1 Å². The molecule has 2 nitrogen and oxygen atoms in total. The lowest BCUT2D eigenvalue weighted by molar-refractivity contribution is -0.137. The summed E-state index contributed by atoms with van der Waals surface area (Å²) in [6.07, 6.45) is -3.88. The Balaban J connectivity index is 1.81. The molecule has 0 saturated heterocycles. The van der Waals surface area contributed by atoms with Gasteiger partial charge in [-0.3, -0.25) is 0 Å². The van der Waals surface area contributed by atoms with Crippen LogP contribution in [0.25, 0.3) is 0 Å². The fourth-order valence-electron chi connectivity index (χ4n) is 2.13. The van der Waals surface area contributed by atoms with Crippen molar-refractivity contribution in [2.24, 2.45) is 0 Å². The third kappa shape index (κ3) is 6.51. The number of alkyl halides is 3. The molecular formula is C17H15ClF4N2S. The van der Waals surface area contributed by atoms with Crippen molar-refractivity contribution in [2.75, 3.05) is 6.54 Å². The Kier molecular flexibility index (Phi) is 6.61. The zero-order valence-corrected chi connectivity index (χ0v) is 14.5. The molecule has 25 heavy (non-hydrogen) atoms. The van der Waals surface area contributed by atoms with Gasteiger partial charge < -0.3 is 10.6 Å². The molecule has 0 fully saturated rings. The molecule has 8 heteroatoms. The van der Waals surface area contributed by atoms with Crippen LogP contribution in [0.15, 0.2) is 42.5 Å². The van der Waals surface area contributed by atoms with E-state index in [2.05, 4.69) is 10.6 Å². The first-order valence-electron chi connectivity index (χ1n) is 7.37. The average Bonchev–Trinajstić information content (AvgIpc) is 2.53. The van der Waals surface area contributed by atoms with Gasteiger partial charge in [0.05, 0.1) is 5.56 Å². The van der Waals surface area contributed by atoms with Gasteiger partial charge in [0, 0.05) is 18.1 Å². The molecule has 2 rings (SSSR count). The zero-order chi connectivity index (χ0) is 18.4. The molecule has 0 radical (unpaired) electrons. The van der Waals surface area contributed by atoms with Gasteiger partial charge in [0.25, 0.3) is 0 Å². The minimum Gasteiger partial charge on any atom is -0.362 e. The van der Waals surface area contributed by atoms with E-state index in [-0.39, 0.29) is 17.2 Å². The van der Waals surface area contributed by atoms with Crippen LogP contribution in [0.1, 0.15) is 16.7 Å². The summed E-state index contributed by atoms with van der Waals surface area (Å²) in [6, 6.07) is 9.76. The lowest BCUT2D eigenvalue weighted by atomic mass is 10.1. The normalized spacial score (nSPS) is 11.2. The fraction of sp³-hybridized carbons (Fsp3) is 0.235. The first-order chi connectivity index (χ1) is 11.7. The Labute approximate surface area is 153 Å². The van der Waals surface area contributed by atoms with Crippen molar-refractivity contribution in [3.05, 3.63) is 70.0 Å². The van der Waals surface area contributed by atoms with E-state index in [0.29, 0.717) is 24.1 Å². The van der Waals surface area contributed by atoms with E-state index in [0.717, 1.165) is 17.7 Å². The summed E-state index contributed by atoms with van der Waals surface area (Å²) in [5, 5.41) is 6.65. The predicted molar refractivity (Wildman–Crippen MR) is 94.0 cm³/mol. The van der Waals surface area contributed by atoms with Crippen molar-refractivity contribution in [1.82, 2.24) is 10.6 Å². The van der Waals surface area contributed by atoms with Crippen molar-refractivity contribution in [3.8, 4) is 0 Å². The Hall–Kier alpha value is -1.86. The van der Waals surface area contributed by atoms with E-state index in [9.17, 15) is 17.6 Å². The van der Waals surface area contributed by atoms with Crippen LogP contribution in [-0.4, -0.2) is 11.7 Å². The number of hydrogen-bond acceptors (Lipinski definition) is 1. The first kappa shape index (κ1) is 19.5. The summed E-state index contributed by atoms with van der Waals surface area (Å²) in [7, 11) is 0. The van der Waals surface area contributed by atoms with Crippen LogP contribution in [-0.2, 0) is 19.1 Å². The zero-order valence-electron chi connectivity index (χ0n) is 13.0. The maximum absolute atomic E-state index is 13.3. The van der Waals surface area contributed by atoms with Crippen LogP contribution in [0.3, 0.4) is 0 Å². The largest absolute Gasteiger partial charge is 0.416 e. The Bertz CT molecular complexity index is 732. The van der Waals surface area contributed by atoms with Gasteiger partial charge in [-0.05, 0) is 60.1 Å². The molecule has 0 amide bonds. The van der Waals surface area contributed by atoms with E-state index < -0.39 is 17.6 Å². The van der Waals surface area contributed by atoms with Gasteiger partial charge in [-0.15, -0.1) is 0 Å². The minimum absolute atomic E-state index is 0.00633. The van der Waals surface area contributed by atoms with E-state index in [1.165, 1.54) is 0 Å². The highest BCUT2D eigenvalue weighted by molar-refractivity contribution is 7.80. The molecule has 2 aromatic rings. The van der Waals surface area contributed by atoms with Gasteiger partial charge in [-0.2, -0.15) is 13.2 Å². The maximum Gasteiger partial charge on any atom is 0.416 e. The fourth-order valence-corrected chi connectivity index (χ4v) is 2.43. The van der Waals surface area contributed by atoms with Gasteiger partial charge in [0.2, 0.25) is 0 Å². The van der Waals surface area contributed by atoms with Crippen LogP contribution in [0, 0.1) is 5.82 Å². The second-order valence-corrected chi connectivity index (χ2v) is 6.18. The summed E-state index contributed by atoms with van der Waals surface area (Å²) in [5.41, 5.74) is 0.208. The molecule has 0 spiro atoms. The van der Waals surface area contributed by atoms with Gasteiger partial charge >= 0.3 is 6.18 Å². The second-order valence-electron chi connectivity index (χ2n) is 5.33. The van der Waals surface area contributed by atoms with Crippen LogP contribution >= 0.6 is 23.8 Å². The van der Waals surface area contributed by atoms with E-state index >= 15 is 0 Å². The number of hydrogen-bond donors (Lipinski definition) is 2. The molecule has 0 aromatic heterocycles. The van der Waals surface area contributed by atoms with Gasteiger partial charge in [0.1, 0.15) is 5.82 Å². The molecule has 0 heterocycles. The smallest absolute Gasteiger partial charge is 0.362 e. The molecule has 0 aliphatic heterocycles. The van der Waals surface area contributed by atoms with Gasteiger partial charge in [0.15, 0.2) is 5.11 Å². The quantitative estimate of drug-likeness (QED) is 0.571. The molecule has 2 aromatic carbocycles. The summed E-state index contributed by atoms with van der Waals surface area (Å²) >= 11 is 10.9. The average molecular weight is 391 g/mol. The standard InChI is InChI=1S/C17H15ClF4N2S/c18-14-3-1-11(2-4-14)5-6-23-16(25)24-10-12-7-13(17(20,21)22)9-15(19)8-12/h1-4,7-9H,5-6,10H2,(H2,23,24,25). The predicted octanol–water partition coefficient (Wildman–Crippen LogP) is 4.70. The molecule has 0 aliphatic rings. The highest BCUT2D eigenvalue weighted by Gasteiger charge is 2.31.